The van der Waals surface area contributed by atoms with Gasteiger partial charge >= 0.3 is 0 Å². The van der Waals surface area contributed by atoms with Gasteiger partial charge in [-0.15, -0.1) is 0 Å². The van der Waals surface area contributed by atoms with Gasteiger partial charge in [-0.25, -0.2) is 8.78 Å². The third kappa shape index (κ3) is 3.64. The molecule has 0 radical (unpaired) electrons. The van der Waals surface area contributed by atoms with Gasteiger partial charge in [-0.05, 0) is 41.5 Å². The SMILES string of the molecule is O=C(CC(c1ccc(F)cc1)c1c[nH]c2ccccc12)Nc1ccccc1F. The number of halogens is 2. The van der Waals surface area contributed by atoms with Crippen molar-refractivity contribution in [3.63, 3.8) is 0 Å². The van der Waals surface area contributed by atoms with Gasteiger partial charge in [-0.3, -0.25) is 4.79 Å². The number of amides is 1. The van der Waals surface area contributed by atoms with E-state index < -0.39 is 5.82 Å². The predicted molar refractivity (Wildman–Crippen MR) is 106 cm³/mol. The molecule has 0 aliphatic heterocycles. The van der Waals surface area contributed by atoms with Crippen molar-refractivity contribution in [3.05, 3.63) is 102 Å². The molecule has 0 aliphatic rings. The molecule has 0 aliphatic carbocycles. The summed E-state index contributed by atoms with van der Waals surface area (Å²) in [4.78, 5) is 15.9. The van der Waals surface area contributed by atoms with Crippen molar-refractivity contribution in [2.45, 2.75) is 12.3 Å². The molecule has 0 fully saturated rings. The van der Waals surface area contributed by atoms with Crippen molar-refractivity contribution in [2.24, 2.45) is 0 Å². The van der Waals surface area contributed by atoms with E-state index in [1.54, 1.807) is 24.3 Å². The highest BCUT2D eigenvalue weighted by Crippen LogP contribution is 2.34. The molecule has 1 atom stereocenters. The van der Waals surface area contributed by atoms with Crippen LogP contribution in [-0.4, -0.2) is 10.9 Å². The summed E-state index contributed by atoms with van der Waals surface area (Å²) >= 11 is 0. The van der Waals surface area contributed by atoms with Gasteiger partial charge in [0.25, 0.3) is 0 Å². The van der Waals surface area contributed by atoms with Crippen LogP contribution in [0.1, 0.15) is 23.5 Å². The number of hydrogen-bond acceptors (Lipinski definition) is 1. The first-order chi connectivity index (χ1) is 13.6. The molecule has 28 heavy (non-hydrogen) atoms. The van der Waals surface area contributed by atoms with Crippen LogP contribution in [0.15, 0.2) is 79.0 Å². The van der Waals surface area contributed by atoms with Crippen LogP contribution in [0.3, 0.4) is 0 Å². The highest BCUT2D eigenvalue weighted by molar-refractivity contribution is 5.93. The van der Waals surface area contributed by atoms with Gasteiger partial charge in [0.05, 0.1) is 5.69 Å². The summed E-state index contributed by atoms with van der Waals surface area (Å²) in [6.45, 7) is 0. The summed E-state index contributed by atoms with van der Waals surface area (Å²) in [5, 5.41) is 3.63. The molecule has 3 aromatic carbocycles. The molecular formula is C23H18F2N2O. The maximum atomic E-state index is 13.9. The van der Waals surface area contributed by atoms with E-state index in [0.29, 0.717) is 0 Å². The van der Waals surface area contributed by atoms with Crippen LogP contribution in [0.4, 0.5) is 14.5 Å². The summed E-state index contributed by atoms with van der Waals surface area (Å²) in [6, 6.07) is 20.0. The van der Waals surface area contributed by atoms with Gasteiger partial charge in [0.1, 0.15) is 11.6 Å². The maximum absolute atomic E-state index is 13.9. The quantitative estimate of drug-likeness (QED) is 0.467. The third-order valence-electron chi connectivity index (χ3n) is 4.81. The number of anilines is 1. The number of H-pyrrole nitrogens is 1. The van der Waals surface area contributed by atoms with E-state index >= 15 is 0 Å². The van der Waals surface area contributed by atoms with E-state index in [1.165, 1.54) is 24.3 Å². The number of rotatable bonds is 5. The number of carbonyl (C=O) groups is 1. The second-order valence-corrected chi connectivity index (χ2v) is 6.63. The highest BCUT2D eigenvalue weighted by Gasteiger charge is 2.22. The number of carbonyl (C=O) groups excluding carboxylic acids is 1. The fourth-order valence-electron chi connectivity index (χ4n) is 3.43. The van der Waals surface area contributed by atoms with Crippen LogP contribution in [0.5, 0.6) is 0 Å². The van der Waals surface area contributed by atoms with Crippen molar-refractivity contribution in [3.8, 4) is 0 Å². The first-order valence-corrected chi connectivity index (χ1v) is 8.97. The van der Waals surface area contributed by atoms with E-state index in [9.17, 15) is 13.6 Å². The Balaban J connectivity index is 1.68. The van der Waals surface area contributed by atoms with Gasteiger partial charge < -0.3 is 10.3 Å². The summed E-state index contributed by atoms with van der Waals surface area (Å²) < 4.78 is 27.3. The summed E-state index contributed by atoms with van der Waals surface area (Å²) in [5.41, 5.74) is 2.85. The zero-order chi connectivity index (χ0) is 19.5. The largest absolute Gasteiger partial charge is 0.361 e. The number of aromatic nitrogens is 1. The van der Waals surface area contributed by atoms with Gasteiger partial charge in [0.15, 0.2) is 0 Å². The highest BCUT2D eigenvalue weighted by atomic mass is 19.1. The zero-order valence-corrected chi connectivity index (χ0v) is 15.0. The normalized spacial score (nSPS) is 12.1. The Hall–Kier alpha value is -3.47. The Morgan fingerprint density at radius 3 is 2.43 bits per heavy atom. The van der Waals surface area contributed by atoms with Crippen molar-refractivity contribution >= 4 is 22.5 Å². The summed E-state index contributed by atoms with van der Waals surface area (Å²) in [5.74, 6) is -1.44. The molecule has 140 valence electrons. The fraction of sp³-hybridized carbons (Fsp3) is 0.0870. The molecule has 2 N–H and O–H groups in total. The molecular weight excluding hydrogens is 358 g/mol. The van der Waals surface area contributed by atoms with E-state index in [2.05, 4.69) is 10.3 Å². The predicted octanol–water partition coefficient (Wildman–Crippen LogP) is 5.61. The van der Waals surface area contributed by atoms with Crippen LogP contribution >= 0.6 is 0 Å². The first kappa shape index (κ1) is 17.9. The molecule has 0 spiro atoms. The van der Waals surface area contributed by atoms with E-state index in [-0.39, 0.29) is 29.8 Å². The molecule has 5 heteroatoms. The second-order valence-electron chi connectivity index (χ2n) is 6.63. The average Bonchev–Trinajstić information content (AvgIpc) is 3.13. The average molecular weight is 376 g/mol. The Morgan fingerprint density at radius 2 is 1.64 bits per heavy atom. The minimum atomic E-state index is -0.485. The topological polar surface area (TPSA) is 44.9 Å². The molecule has 0 saturated carbocycles. The lowest BCUT2D eigenvalue weighted by Gasteiger charge is -2.17. The number of para-hydroxylation sites is 2. The molecule has 1 aromatic heterocycles. The molecule has 1 unspecified atom stereocenters. The van der Waals surface area contributed by atoms with Crippen molar-refractivity contribution in [1.29, 1.82) is 0 Å². The maximum Gasteiger partial charge on any atom is 0.225 e. The van der Waals surface area contributed by atoms with Crippen LogP contribution in [0.2, 0.25) is 0 Å². The van der Waals surface area contributed by atoms with Crippen molar-refractivity contribution in [2.75, 3.05) is 5.32 Å². The Morgan fingerprint density at radius 1 is 0.929 bits per heavy atom. The van der Waals surface area contributed by atoms with E-state index in [4.69, 9.17) is 0 Å². The van der Waals surface area contributed by atoms with E-state index in [1.807, 2.05) is 30.5 Å². The smallest absolute Gasteiger partial charge is 0.225 e. The third-order valence-corrected chi connectivity index (χ3v) is 4.81. The first-order valence-electron chi connectivity index (χ1n) is 8.97. The molecule has 1 amide bonds. The van der Waals surface area contributed by atoms with E-state index in [0.717, 1.165) is 22.0 Å². The van der Waals surface area contributed by atoms with Crippen LogP contribution in [0, 0.1) is 11.6 Å². The number of benzene rings is 3. The number of aromatic amines is 1. The van der Waals surface area contributed by atoms with Crippen molar-refractivity contribution in [1.82, 2.24) is 4.98 Å². The molecule has 3 nitrogen and oxygen atoms in total. The van der Waals surface area contributed by atoms with Gasteiger partial charge in [0.2, 0.25) is 5.91 Å². The fourth-order valence-corrected chi connectivity index (χ4v) is 3.43. The van der Waals surface area contributed by atoms with Crippen LogP contribution < -0.4 is 5.32 Å². The molecule has 0 bridgehead atoms. The molecule has 4 rings (SSSR count). The monoisotopic (exact) mass is 376 g/mol. The van der Waals surface area contributed by atoms with Crippen molar-refractivity contribution < 1.29 is 13.6 Å². The Labute approximate surface area is 161 Å². The lowest BCUT2D eigenvalue weighted by atomic mass is 9.88. The van der Waals surface area contributed by atoms with Gasteiger partial charge in [0, 0.05) is 29.4 Å². The lowest BCUT2D eigenvalue weighted by molar-refractivity contribution is -0.116. The van der Waals surface area contributed by atoms with Crippen LogP contribution in [-0.2, 0) is 4.79 Å². The molecule has 0 saturated heterocycles. The molecule has 1 heterocycles. The Bertz CT molecular complexity index is 1120. The van der Waals surface area contributed by atoms with Gasteiger partial charge in [-0.2, -0.15) is 0 Å². The molecule has 4 aromatic rings. The van der Waals surface area contributed by atoms with Crippen LogP contribution in [0.25, 0.3) is 10.9 Å². The minimum absolute atomic E-state index is 0.0990. The van der Waals surface area contributed by atoms with Gasteiger partial charge in [-0.1, -0.05) is 42.5 Å². The standard InChI is InChI=1S/C23H18F2N2O/c24-16-11-9-15(10-12-16)18(19-14-26-21-7-3-1-5-17(19)21)13-23(28)27-22-8-4-2-6-20(22)25/h1-12,14,18,26H,13H2,(H,27,28). The number of hydrogen-bond donors (Lipinski definition) is 2. The number of nitrogens with one attached hydrogen (secondary N) is 2. The number of fused-ring (bicyclic) bond motifs is 1. The zero-order valence-electron chi connectivity index (χ0n) is 15.0. The minimum Gasteiger partial charge on any atom is -0.361 e. The lowest BCUT2D eigenvalue weighted by Crippen LogP contribution is -2.17. The second kappa shape index (κ2) is 7.64. The Kier molecular flexibility index (Phi) is 4.89. The summed E-state index contributed by atoms with van der Waals surface area (Å²) in [6.07, 6.45) is 1.97. The summed E-state index contributed by atoms with van der Waals surface area (Å²) in [7, 11) is 0.